The number of hydrogen-bond acceptors (Lipinski definition) is 7. The van der Waals surface area contributed by atoms with Gasteiger partial charge in [0, 0.05) is 32.7 Å². The minimum atomic E-state index is -0.421. The molecule has 0 amide bonds. The van der Waals surface area contributed by atoms with Crippen LogP contribution in [0.2, 0.25) is 0 Å². The summed E-state index contributed by atoms with van der Waals surface area (Å²) < 4.78 is 0. The Balaban J connectivity index is 2.38. The van der Waals surface area contributed by atoms with E-state index in [1.165, 1.54) is 6.33 Å². The first-order chi connectivity index (χ1) is 8.74. The Morgan fingerprint density at radius 3 is 2.83 bits per heavy atom. The summed E-state index contributed by atoms with van der Waals surface area (Å²) in [5, 5.41) is 17.3. The third-order valence-electron chi connectivity index (χ3n) is 2.75. The largest absolute Gasteiger partial charge is 0.364 e. The van der Waals surface area contributed by atoms with E-state index in [0.29, 0.717) is 25.5 Å². The SMILES string of the molecule is CCNc1ncnc(N2CCNCC2)c1[N+](=O)[O-]. The second-order valence-electron chi connectivity index (χ2n) is 3.92. The second kappa shape index (κ2) is 5.58. The zero-order valence-corrected chi connectivity index (χ0v) is 10.2. The maximum Gasteiger partial charge on any atom is 0.353 e. The first-order valence-electron chi connectivity index (χ1n) is 5.93. The maximum absolute atomic E-state index is 11.2. The van der Waals surface area contributed by atoms with Crippen LogP contribution in [0.25, 0.3) is 0 Å². The summed E-state index contributed by atoms with van der Waals surface area (Å²) in [4.78, 5) is 20.7. The van der Waals surface area contributed by atoms with Crippen LogP contribution in [0.3, 0.4) is 0 Å². The van der Waals surface area contributed by atoms with Gasteiger partial charge in [-0.15, -0.1) is 0 Å². The molecule has 1 aliphatic heterocycles. The highest BCUT2D eigenvalue weighted by molar-refractivity contribution is 5.70. The molecule has 8 heteroatoms. The van der Waals surface area contributed by atoms with Crippen LogP contribution in [0.5, 0.6) is 0 Å². The molecular weight excluding hydrogens is 236 g/mol. The van der Waals surface area contributed by atoms with Gasteiger partial charge in [-0.1, -0.05) is 0 Å². The van der Waals surface area contributed by atoms with Crippen LogP contribution >= 0.6 is 0 Å². The molecule has 0 radical (unpaired) electrons. The fraction of sp³-hybridized carbons (Fsp3) is 0.600. The van der Waals surface area contributed by atoms with E-state index in [2.05, 4.69) is 20.6 Å². The monoisotopic (exact) mass is 252 g/mol. The molecule has 2 N–H and O–H groups in total. The van der Waals surface area contributed by atoms with Crippen LogP contribution in [0.1, 0.15) is 6.92 Å². The number of nitrogens with one attached hydrogen (secondary N) is 2. The van der Waals surface area contributed by atoms with E-state index < -0.39 is 4.92 Å². The van der Waals surface area contributed by atoms with Crippen LogP contribution in [0.4, 0.5) is 17.3 Å². The Kier molecular flexibility index (Phi) is 3.88. The number of rotatable bonds is 4. The van der Waals surface area contributed by atoms with Gasteiger partial charge >= 0.3 is 5.69 Å². The molecule has 0 bridgehead atoms. The minimum Gasteiger partial charge on any atom is -0.364 e. The molecular formula is C10H16N6O2. The highest BCUT2D eigenvalue weighted by atomic mass is 16.6. The van der Waals surface area contributed by atoms with Crippen LogP contribution in [0, 0.1) is 10.1 Å². The van der Waals surface area contributed by atoms with Gasteiger partial charge in [0.25, 0.3) is 0 Å². The predicted molar refractivity (Wildman–Crippen MR) is 67.9 cm³/mol. The lowest BCUT2D eigenvalue weighted by atomic mass is 10.3. The Hall–Kier alpha value is -1.96. The van der Waals surface area contributed by atoms with E-state index in [9.17, 15) is 10.1 Å². The average molecular weight is 252 g/mol. The number of nitro groups is 1. The average Bonchev–Trinajstić information content (AvgIpc) is 2.39. The zero-order valence-electron chi connectivity index (χ0n) is 10.2. The molecule has 0 spiro atoms. The molecule has 0 saturated carbocycles. The molecule has 2 rings (SSSR count). The van der Waals surface area contributed by atoms with Crippen molar-refractivity contribution < 1.29 is 4.92 Å². The molecule has 2 heterocycles. The zero-order chi connectivity index (χ0) is 13.0. The van der Waals surface area contributed by atoms with Crippen LogP contribution in [-0.2, 0) is 0 Å². The van der Waals surface area contributed by atoms with Gasteiger partial charge in [-0.3, -0.25) is 10.1 Å². The summed E-state index contributed by atoms with van der Waals surface area (Å²) in [6.45, 7) is 5.48. The van der Waals surface area contributed by atoms with Crippen molar-refractivity contribution in [1.82, 2.24) is 15.3 Å². The standard InChI is InChI=1S/C10H16N6O2/c1-2-12-9-8(16(17)18)10(14-7-13-9)15-5-3-11-4-6-15/h7,11H,2-6H2,1H3,(H,12,13,14). The van der Waals surface area contributed by atoms with E-state index in [0.717, 1.165) is 13.1 Å². The molecule has 0 unspecified atom stereocenters. The highest BCUT2D eigenvalue weighted by Gasteiger charge is 2.27. The Morgan fingerprint density at radius 2 is 2.22 bits per heavy atom. The van der Waals surface area contributed by atoms with Gasteiger partial charge in [0.2, 0.25) is 11.6 Å². The van der Waals surface area contributed by atoms with Gasteiger partial charge in [0.1, 0.15) is 6.33 Å². The molecule has 0 atom stereocenters. The van der Waals surface area contributed by atoms with Gasteiger partial charge in [0.05, 0.1) is 4.92 Å². The molecule has 0 aromatic carbocycles. The molecule has 8 nitrogen and oxygen atoms in total. The van der Waals surface area contributed by atoms with Crippen molar-refractivity contribution in [1.29, 1.82) is 0 Å². The summed E-state index contributed by atoms with van der Waals surface area (Å²) in [5.41, 5.74) is -0.0405. The Bertz CT molecular complexity index is 432. The lowest BCUT2D eigenvalue weighted by Gasteiger charge is -2.28. The summed E-state index contributed by atoms with van der Waals surface area (Å²) in [5.74, 6) is 0.679. The fourth-order valence-corrected chi connectivity index (χ4v) is 1.94. The Morgan fingerprint density at radius 1 is 1.50 bits per heavy atom. The summed E-state index contributed by atoms with van der Waals surface area (Å²) in [7, 11) is 0. The van der Waals surface area contributed by atoms with Gasteiger partial charge < -0.3 is 15.5 Å². The first kappa shape index (κ1) is 12.5. The van der Waals surface area contributed by atoms with Crippen molar-refractivity contribution in [3.05, 3.63) is 16.4 Å². The number of piperazine rings is 1. The molecule has 0 aliphatic carbocycles. The van der Waals surface area contributed by atoms with E-state index in [1.807, 2.05) is 11.8 Å². The predicted octanol–water partition coefficient (Wildman–Crippen LogP) is 0.226. The van der Waals surface area contributed by atoms with Crippen LogP contribution in [-0.4, -0.2) is 47.6 Å². The molecule has 1 aromatic heterocycles. The Labute approximate surface area is 105 Å². The topological polar surface area (TPSA) is 96.2 Å². The summed E-state index contributed by atoms with van der Waals surface area (Å²) in [6, 6.07) is 0. The molecule has 1 saturated heterocycles. The molecule has 1 aliphatic rings. The second-order valence-corrected chi connectivity index (χ2v) is 3.92. The lowest BCUT2D eigenvalue weighted by molar-refractivity contribution is -0.383. The van der Waals surface area contributed by atoms with Gasteiger partial charge in [-0.2, -0.15) is 0 Å². The van der Waals surface area contributed by atoms with E-state index in [1.54, 1.807) is 0 Å². The summed E-state index contributed by atoms with van der Waals surface area (Å²) in [6.07, 6.45) is 1.36. The minimum absolute atomic E-state index is 0.0405. The van der Waals surface area contributed by atoms with E-state index >= 15 is 0 Å². The number of nitrogens with zero attached hydrogens (tertiary/aromatic N) is 4. The third-order valence-corrected chi connectivity index (χ3v) is 2.75. The van der Waals surface area contributed by atoms with Crippen molar-refractivity contribution in [2.24, 2.45) is 0 Å². The van der Waals surface area contributed by atoms with E-state index in [4.69, 9.17) is 0 Å². The van der Waals surface area contributed by atoms with E-state index in [-0.39, 0.29) is 11.5 Å². The molecule has 18 heavy (non-hydrogen) atoms. The number of aromatic nitrogens is 2. The number of anilines is 2. The highest BCUT2D eigenvalue weighted by Crippen LogP contribution is 2.31. The smallest absolute Gasteiger partial charge is 0.353 e. The third kappa shape index (κ3) is 2.48. The summed E-state index contributed by atoms with van der Waals surface area (Å²) >= 11 is 0. The maximum atomic E-state index is 11.2. The van der Waals surface area contributed by atoms with Crippen molar-refractivity contribution in [3.8, 4) is 0 Å². The van der Waals surface area contributed by atoms with Crippen molar-refractivity contribution in [2.75, 3.05) is 42.9 Å². The number of hydrogen-bond donors (Lipinski definition) is 2. The molecule has 1 aromatic rings. The van der Waals surface area contributed by atoms with Crippen molar-refractivity contribution in [2.45, 2.75) is 6.92 Å². The van der Waals surface area contributed by atoms with Gasteiger partial charge in [-0.25, -0.2) is 9.97 Å². The quantitative estimate of drug-likeness (QED) is 0.584. The normalized spacial score (nSPS) is 15.5. The van der Waals surface area contributed by atoms with Crippen LogP contribution < -0.4 is 15.5 Å². The van der Waals surface area contributed by atoms with Crippen molar-refractivity contribution >= 4 is 17.3 Å². The molecule has 1 fully saturated rings. The molecule has 98 valence electrons. The first-order valence-corrected chi connectivity index (χ1v) is 5.93. The van der Waals surface area contributed by atoms with Crippen LogP contribution in [0.15, 0.2) is 6.33 Å². The van der Waals surface area contributed by atoms with Gasteiger partial charge in [-0.05, 0) is 6.92 Å². The van der Waals surface area contributed by atoms with Gasteiger partial charge in [0.15, 0.2) is 0 Å². The van der Waals surface area contributed by atoms with Crippen molar-refractivity contribution in [3.63, 3.8) is 0 Å². The lowest BCUT2D eigenvalue weighted by Crippen LogP contribution is -2.44. The fourth-order valence-electron chi connectivity index (χ4n) is 1.94.